The highest BCUT2D eigenvalue weighted by Gasteiger charge is 2.31. The summed E-state index contributed by atoms with van der Waals surface area (Å²) in [4.78, 5) is 9.91. The molecule has 3 fully saturated rings. The molecule has 2 N–H and O–H groups in total. The maximum atomic E-state index is 5.37. The molecule has 3 aliphatic rings. The molecule has 3 saturated heterocycles. The Bertz CT molecular complexity index is 497. The number of hydrogen-bond acceptors (Lipinski definition) is 5. The molecule has 3 aliphatic heterocycles. The zero-order valence-corrected chi connectivity index (χ0v) is 14.5. The summed E-state index contributed by atoms with van der Waals surface area (Å²) in [6.45, 7) is 8.97. The van der Waals surface area contributed by atoms with Gasteiger partial charge in [0.1, 0.15) is 5.76 Å². The Balaban J connectivity index is 1.48. The van der Waals surface area contributed by atoms with E-state index in [-0.39, 0.29) is 0 Å². The zero-order valence-electron chi connectivity index (χ0n) is 14.5. The Morgan fingerprint density at radius 3 is 2.79 bits per heavy atom. The number of piperazine rings is 3. The summed E-state index contributed by atoms with van der Waals surface area (Å²) in [5, 5.41) is 6.73. The van der Waals surface area contributed by atoms with E-state index in [4.69, 9.17) is 14.1 Å². The summed E-state index contributed by atoms with van der Waals surface area (Å²) >= 11 is 0. The number of furan rings is 1. The van der Waals surface area contributed by atoms with E-state index in [1.54, 1.807) is 13.4 Å². The van der Waals surface area contributed by atoms with Crippen molar-refractivity contribution in [2.75, 3.05) is 66.1 Å². The van der Waals surface area contributed by atoms with Crippen molar-refractivity contribution in [3.8, 4) is 0 Å². The molecule has 4 rings (SSSR count). The number of methoxy groups -OCH3 is 1. The van der Waals surface area contributed by atoms with Crippen LogP contribution in [0.1, 0.15) is 5.76 Å². The number of hydrogen-bond donors (Lipinski definition) is 2. The van der Waals surface area contributed by atoms with Crippen LogP contribution in [0, 0.1) is 0 Å². The second kappa shape index (κ2) is 9.05. The van der Waals surface area contributed by atoms with Crippen LogP contribution < -0.4 is 10.6 Å². The molecule has 0 radical (unpaired) electrons. The van der Waals surface area contributed by atoms with Gasteiger partial charge in [0.2, 0.25) is 0 Å². The minimum absolute atomic E-state index is 0.540. The molecule has 0 aromatic carbocycles. The summed E-state index contributed by atoms with van der Waals surface area (Å²) in [6, 6.07) is 4.46. The van der Waals surface area contributed by atoms with Gasteiger partial charge in [-0.25, -0.2) is 0 Å². The predicted molar refractivity (Wildman–Crippen MR) is 94.4 cm³/mol. The van der Waals surface area contributed by atoms with Crippen molar-refractivity contribution in [2.24, 2.45) is 4.99 Å². The van der Waals surface area contributed by atoms with Crippen molar-refractivity contribution in [3.63, 3.8) is 0 Å². The molecule has 1 unspecified atom stereocenters. The molecule has 1 aromatic rings. The number of nitrogens with one attached hydrogen (secondary N) is 2. The van der Waals surface area contributed by atoms with Crippen LogP contribution in [-0.4, -0.2) is 87.9 Å². The van der Waals surface area contributed by atoms with Gasteiger partial charge >= 0.3 is 0 Å². The first-order valence-corrected chi connectivity index (χ1v) is 8.85. The second-order valence-electron chi connectivity index (χ2n) is 6.36. The maximum absolute atomic E-state index is 5.37. The van der Waals surface area contributed by atoms with Crippen LogP contribution in [0.2, 0.25) is 0 Å². The molecule has 0 spiro atoms. The van der Waals surface area contributed by atoms with Crippen LogP contribution >= 0.6 is 0 Å². The fourth-order valence-electron chi connectivity index (χ4n) is 3.30. The lowest BCUT2D eigenvalue weighted by atomic mass is 10.1. The average molecular weight is 335 g/mol. The third-order valence-corrected chi connectivity index (χ3v) is 4.69. The third kappa shape index (κ3) is 4.96. The Morgan fingerprint density at radius 2 is 2.12 bits per heavy atom. The van der Waals surface area contributed by atoms with Crippen molar-refractivity contribution in [2.45, 2.75) is 12.5 Å². The van der Waals surface area contributed by atoms with Gasteiger partial charge in [-0.3, -0.25) is 14.8 Å². The number of fused-ring (bicyclic) bond motifs is 3. The number of nitrogens with zero attached hydrogens (tertiary/aromatic N) is 3. The summed E-state index contributed by atoms with van der Waals surface area (Å²) in [5.74, 6) is 1.85. The van der Waals surface area contributed by atoms with Crippen molar-refractivity contribution < 1.29 is 9.15 Å². The highest BCUT2D eigenvalue weighted by molar-refractivity contribution is 5.79. The molecule has 0 aliphatic carbocycles. The minimum Gasteiger partial charge on any atom is -0.469 e. The van der Waals surface area contributed by atoms with E-state index in [9.17, 15) is 0 Å². The van der Waals surface area contributed by atoms with Crippen LogP contribution in [0.3, 0.4) is 0 Å². The maximum Gasteiger partial charge on any atom is 0.191 e. The van der Waals surface area contributed by atoms with E-state index >= 15 is 0 Å². The van der Waals surface area contributed by atoms with Gasteiger partial charge in [-0.2, -0.15) is 0 Å². The lowest BCUT2D eigenvalue weighted by molar-refractivity contribution is 0.0174. The number of guanidine groups is 1. The van der Waals surface area contributed by atoms with E-state index in [0.717, 1.165) is 44.3 Å². The lowest BCUT2D eigenvalue weighted by Gasteiger charge is -2.47. The first-order valence-electron chi connectivity index (χ1n) is 8.85. The minimum atomic E-state index is 0.540. The molecule has 1 aromatic heterocycles. The molecule has 0 amide bonds. The molecular formula is C17H29N5O2. The van der Waals surface area contributed by atoms with Crippen LogP contribution in [-0.2, 0) is 11.2 Å². The van der Waals surface area contributed by atoms with Gasteiger partial charge in [0.05, 0.1) is 19.4 Å². The molecule has 7 heteroatoms. The van der Waals surface area contributed by atoms with Crippen molar-refractivity contribution in [3.05, 3.63) is 24.2 Å². The fourth-order valence-corrected chi connectivity index (χ4v) is 3.30. The van der Waals surface area contributed by atoms with E-state index in [1.807, 2.05) is 12.1 Å². The van der Waals surface area contributed by atoms with Gasteiger partial charge in [0.25, 0.3) is 0 Å². The monoisotopic (exact) mass is 335 g/mol. The molecule has 24 heavy (non-hydrogen) atoms. The Kier molecular flexibility index (Phi) is 6.51. The molecular weight excluding hydrogens is 306 g/mol. The number of ether oxygens (including phenoxy) is 1. The summed E-state index contributed by atoms with van der Waals surface area (Å²) < 4.78 is 10.5. The normalized spacial score (nSPS) is 26.5. The highest BCUT2D eigenvalue weighted by Crippen LogP contribution is 2.15. The Morgan fingerprint density at radius 1 is 1.29 bits per heavy atom. The zero-order chi connectivity index (χ0) is 16.6. The molecule has 7 nitrogen and oxygen atoms in total. The van der Waals surface area contributed by atoms with Crippen LogP contribution in [0.25, 0.3) is 0 Å². The summed E-state index contributed by atoms with van der Waals surface area (Å²) in [7, 11) is 1.71. The van der Waals surface area contributed by atoms with Crippen LogP contribution in [0.5, 0.6) is 0 Å². The predicted octanol–water partition coefficient (Wildman–Crippen LogP) is 0.00350. The fraction of sp³-hybridized carbons (Fsp3) is 0.706. The molecule has 134 valence electrons. The second-order valence-corrected chi connectivity index (χ2v) is 6.36. The van der Waals surface area contributed by atoms with E-state index in [2.05, 4.69) is 20.4 Å². The SMILES string of the molecule is COCCNC(=NCC1CN2CCN1CC2)NCCc1ccco1. The first-order chi connectivity index (χ1) is 11.8. The smallest absolute Gasteiger partial charge is 0.191 e. The van der Waals surface area contributed by atoms with Gasteiger partial charge in [0.15, 0.2) is 5.96 Å². The molecule has 2 bridgehead atoms. The largest absolute Gasteiger partial charge is 0.469 e. The number of aliphatic imine (C=N–C) groups is 1. The number of rotatable bonds is 8. The van der Waals surface area contributed by atoms with Crippen LogP contribution in [0.15, 0.2) is 27.8 Å². The molecule has 4 heterocycles. The highest BCUT2D eigenvalue weighted by atomic mass is 16.5. The van der Waals surface area contributed by atoms with Crippen molar-refractivity contribution in [1.82, 2.24) is 20.4 Å². The van der Waals surface area contributed by atoms with E-state index in [0.29, 0.717) is 12.6 Å². The van der Waals surface area contributed by atoms with Gasteiger partial charge in [-0.15, -0.1) is 0 Å². The Hall–Kier alpha value is -1.57. The lowest BCUT2D eigenvalue weighted by Crippen LogP contribution is -2.62. The average Bonchev–Trinajstić information content (AvgIpc) is 3.14. The van der Waals surface area contributed by atoms with E-state index in [1.165, 1.54) is 26.2 Å². The van der Waals surface area contributed by atoms with Crippen molar-refractivity contribution in [1.29, 1.82) is 0 Å². The summed E-state index contributed by atoms with van der Waals surface area (Å²) in [6.07, 6.45) is 2.56. The third-order valence-electron chi connectivity index (χ3n) is 4.69. The van der Waals surface area contributed by atoms with Gasteiger partial charge in [0, 0.05) is 65.4 Å². The molecule has 1 atom stereocenters. The molecule has 0 saturated carbocycles. The van der Waals surface area contributed by atoms with E-state index < -0.39 is 0 Å². The summed E-state index contributed by atoms with van der Waals surface area (Å²) in [5.41, 5.74) is 0. The van der Waals surface area contributed by atoms with Gasteiger partial charge in [-0.1, -0.05) is 0 Å². The first kappa shape index (κ1) is 17.3. The van der Waals surface area contributed by atoms with Gasteiger partial charge in [-0.05, 0) is 12.1 Å². The van der Waals surface area contributed by atoms with Crippen LogP contribution in [0.4, 0.5) is 0 Å². The van der Waals surface area contributed by atoms with Gasteiger partial charge < -0.3 is 19.8 Å². The quantitative estimate of drug-likeness (QED) is 0.396. The van der Waals surface area contributed by atoms with Crippen molar-refractivity contribution >= 4 is 5.96 Å². The Labute approximate surface area is 144 Å². The standard InChI is InChI=1S/C17H29N5O2/c1-23-12-6-19-17(18-5-4-16-3-2-11-24-16)20-13-15-14-21-7-9-22(15)10-8-21/h2-3,11,15H,4-10,12-14H2,1H3,(H2,18,19,20). The topological polar surface area (TPSA) is 65.3 Å².